The molecular weight excluding hydrogens is 198 g/mol. The summed E-state index contributed by atoms with van der Waals surface area (Å²) in [7, 11) is 0. The minimum atomic E-state index is -1.22. The van der Waals surface area contributed by atoms with Crippen molar-refractivity contribution >= 4 is 23.0 Å². The molecule has 0 fully saturated rings. The molecule has 0 saturated heterocycles. The molecule has 2 aromatic rings. The van der Waals surface area contributed by atoms with Gasteiger partial charge < -0.3 is 10.8 Å². The summed E-state index contributed by atoms with van der Waals surface area (Å²) in [5, 5.41) is 9.42. The summed E-state index contributed by atoms with van der Waals surface area (Å²) in [5.41, 5.74) is 5.15. The number of primary amides is 1. The second-order valence-corrected chi connectivity index (χ2v) is 2.92. The van der Waals surface area contributed by atoms with Crippen LogP contribution in [0.3, 0.4) is 0 Å². The second kappa shape index (κ2) is 3.09. The van der Waals surface area contributed by atoms with Crippen molar-refractivity contribution in [3.8, 4) is 0 Å². The van der Waals surface area contributed by atoms with Crippen LogP contribution in [0.25, 0.3) is 11.0 Å². The van der Waals surface area contributed by atoms with Crippen LogP contribution in [0.2, 0.25) is 0 Å². The van der Waals surface area contributed by atoms with Crippen molar-refractivity contribution in [3.05, 3.63) is 30.1 Å². The number of carboxylic acids is 1. The molecule has 0 bridgehead atoms. The maximum absolute atomic E-state index is 11.1. The first-order valence-electron chi connectivity index (χ1n) is 4.11. The number of nitrogens with two attached hydrogens (primary N) is 1. The Morgan fingerprint density at radius 2 is 2.20 bits per heavy atom. The molecule has 2 heterocycles. The highest BCUT2D eigenvalue weighted by molar-refractivity contribution is 6.00. The number of amides is 1. The van der Waals surface area contributed by atoms with Crippen molar-refractivity contribution in [2.75, 3.05) is 0 Å². The molecule has 0 atom stereocenters. The van der Waals surface area contributed by atoms with E-state index in [9.17, 15) is 9.59 Å². The zero-order valence-electron chi connectivity index (χ0n) is 7.54. The fourth-order valence-corrected chi connectivity index (χ4v) is 1.42. The number of carbonyl (C=O) groups excluding carboxylic acids is 1. The zero-order chi connectivity index (χ0) is 11.0. The number of rotatable bonds is 1. The van der Waals surface area contributed by atoms with Gasteiger partial charge in [0, 0.05) is 11.6 Å². The Morgan fingerprint density at radius 3 is 2.80 bits per heavy atom. The van der Waals surface area contributed by atoms with Gasteiger partial charge in [0.1, 0.15) is 11.3 Å². The number of carbonyl (C=O) groups is 2. The Kier molecular flexibility index (Phi) is 1.89. The summed E-state index contributed by atoms with van der Waals surface area (Å²) in [6.07, 6.45) is 1.47. The van der Waals surface area contributed by atoms with Gasteiger partial charge in [-0.25, -0.2) is 19.1 Å². The molecule has 2 aromatic heterocycles. The van der Waals surface area contributed by atoms with E-state index in [-0.39, 0.29) is 11.3 Å². The number of carboxylic acid groups (broad SMARTS) is 1. The van der Waals surface area contributed by atoms with Gasteiger partial charge in [0.25, 0.3) is 0 Å². The molecule has 0 aliphatic heterocycles. The number of nitrogens with zero attached hydrogens (tertiary/aromatic N) is 2. The first kappa shape index (κ1) is 9.20. The van der Waals surface area contributed by atoms with E-state index in [2.05, 4.69) is 4.98 Å². The predicted molar refractivity (Wildman–Crippen MR) is 51.7 cm³/mol. The molecule has 0 radical (unpaired) electrons. The van der Waals surface area contributed by atoms with Crippen molar-refractivity contribution < 1.29 is 14.7 Å². The minimum absolute atomic E-state index is 0.184. The number of hydrogen-bond donors (Lipinski definition) is 2. The van der Waals surface area contributed by atoms with E-state index < -0.39 is 12.0 Å². The van der Waals surface area contributed by atoms with Crippen LogP contribution in [0.15, 0.2) is 24.4 Å². The average Bonchev–Trinajstić information content (AvgIpc) is 2.56. The van der Waals surface area contributed by atoms with Gasteiger partial charge in [0.05, 0.1) is 0 Å². The third kappa shape index (κ3) is 1.32. The van der Waals surface area contributed by atoms with Crippen LogP contribution in [0.5, 0.6) is 0 Å². The van der Waals surface area contributed by atoms with Crippen molar-refractivity contribution in [2.45, 2.75) is 0 Å². The Bertz CT molecular complexity index is 559. The van der Waals surface area contributed by atoms with Gasteiger partial charge in [-0.05, 0) is 18.2 Å². The lowest BCUT2D eigenvalue weighted by Crippen LogP contribution is -2.23. The molecule has 76 valence electrons. The highest BCUT2D eigenvalue weighted by Gasteiger charge is 2.18. The van der Waals surface area contributed by atoms with Crippen LogP contribution in [0.4, 0.5) is 4.79 Å². The average molecular weight is 205 g/mol. The Labute approximate surface area is 83.9 Å². The summed E-state index contributed by atoms with van der Waals surface area (Å²) >= 11 is 0. The maximum Gasteiger partial charge on any atom is 0.353 e. The van der Waals surface area contributed by atoms with E-state index in [1.54, 1.807) is 12.1 Å². The van der Waals surface area contributed by atoms with Crippen LogP contribution in [-0.4, -0.2) is 26.7 Å². The summed E-state index contributed by atoms with van der Waals surface area (Å²) in [6.45, 7) is 0. The number of pyridine rings is 1. The van der Waals surface area contributed by atoms with E-state index in [0.29, 0.717) is 5.39 Å². The van der Waals surface area contributed by atoms with Gasteiger partial charge in [-0.2, -0.15) is 0 Å². The highest BCUT2D eigenvalue weighted by atomic mass is 16.4. The summed E-state index contributed by atoms with van der Waals surface area (Å²) in [5.74, 6) is -1.22. The van der Waals surface area contributed by atoms with E-state index in [0.717, 1.165) is 4.57 Å². The second-order valence-electron chi connectivity index (χ2n) is 2.92. The quantitative estimate of drug-likeness (QED) is 0.714. The van der Waals surface area contributed by atoms with Gasteiger partial charge in [-0.3, -0.25) is 0 Å². The molecule has 2 rings (SSSR count). The molecule has 0 aliphatic rings. The third-order valence-corrected chi connectivity index (χ3v) is 2.00. The fraction of sp³-hybridized carbons (Fsp3) is 0. The van der Waals surface area contributed by atoms with Gasteiger partial charge >= 0.3 is 12.0 Å². The maximum atomic E-state index is 11.1. The molecule has 3 N–H and O–H groups in total. The summed E-state index contributed by atoms with van der Waals surface area (Å²) < 4.78 is 0.873. The van der Waals surface area contributed by atoms with Crippen LogP contribution < -0.4 is 5.73 Å². The van der Waals surface area contributed by atoms with E-state index >= 15 is 0 Å². The molecule has 0 saturated carbocycles. The van der Waals surface area contributed by atoms with E-state index in [1.165, 1.54) is 12.3 Å². The molecule has 6 nitrogen and oxygen atoms in total. The van der Waals surface area contributed by atoms with Crippen LogP contribution in [0.1, 0.15) is 10.5 Å². The van der Waals surface area contributed by atoms with Gasteiger partial charge in [0.2, 0.25) is 0 Å². The standard InChI is InChI=1S/C9H7N3O3/c10-9(15)12-6(8(13)14)4-5-2-1-3-11-7(5)12/h1-4H,(H2,10,15)(H,13,14). The lowest BCUT2D eigenvalue weighted by molar-refractivity contribution is 0.0687. The minimum Gasteiger partial charge on any atom is -0.477 e. The monoisotopic (exact) mass is 205 g/mol. The van der Waals surface area contributed by atoms with Crippen molar-refractivity contribution in [2.24, 2.45) is 5.73 Å². The Hall–Kier alpha value is -2.37. The normalized spacial score (nSPS) is 10.4. The number of fused-ring (bicyclic) bond motifs is 1. The Morgan fingerprint density at radius 1 is 1.47 bits per heavy atom. The van der Waals surface area contributed by atoms with Crippen molar-refractivity contribution in [1.29, 1.82) is 0 Å². The lowest BCUT2D eigenvalue weighted by Gasteiger charge is -2.00. The molecule has 0 unspecified atom stereocenters. The third-order valence-electron chi connectivity index (χ3n) is 2.00. The number of aromatic nitrogens is 2. The summed E-state index contributed by atoms with van der Waals surface area (Å²) in [6, 6.07) is 3.81. The first-order valence-corrected chi connectivity index (χ1v) is 4.11. The van der Waals surface area contributed by atoms with Crippen molar-refractivity contribution in [1.82, 2.24) is 9.55 Å². The molecule has 6 heteroatoms. The molecule has 0 aromatic carbocycles. The fourth-order valence-electron chi connectivity index (χ4n) is 1.42. The largest absolute Gasteiger partial charge is 0.477 e. The SMILES string of the molecule is NC(=O)n1c(C(=O)O)cc2cccnc21. The smallest absolute Gasteiger partial charge is 0.353 e. The van der Waals surface area contributed by atoms with Crippen LogP contribution in [-0.2, 0) is 0 Å². The van der Waals surface area contributed by atoms with Crippen molar-refractivity contribution in [3.63, 3.8) is 0 Å². The summed E-state index contributed by atoms with van der Waals surface area (Å²) in [4.78, 5) is 25.8. The number of aromatic carboxylic acids is 1. The zero-order valence-corrected chi connectivity index (χ0v) is 7.54. The topological polar surface area (TPSA) is 98.2 Å². The molecule has 1 amide bonds. The molecular formula is C9H7N3O3. The molecule has 0 spiro atoms. The lowest BCUT2D eigenvalue weighted by atomic mass is 10.3. The van der Waals surface area contributed by atoms with Gasteiger partial charge in [0.15, 0.2) is 0 Å². The highest BCUT2D eigenvalue weighted by Crippen LogP contribution is 2.16. The van der Waals surface area contributed by atoms with Gasteiger partial charge in [-0.15, -0.1) is 0 Å². The van der Waals surface area contributed by atoms with Crippen LogP contribution >= 0.6 is 0 Å². The molecule has 15 heavy (non-hydrogen) atoms. The first-order chi connectivity index (χ1) is 7.11. The Balaban J connectivity index is 2.86. The van der Waals surface area contributed by atoms with Gasteiger partial charge in [-0.1, -0.05) is 0 Å². The van der Waals surface area contributed by atoms with Crippen LogP contribution in [0, 0.1) is 0 Å². The number of hydrogen-bond acceptors (Lipinski definition) is 3. The predicted octanol–water partition coefficient (Wildman–Crippen LogP) is 0.661. The van der Waals surface area contributed by atoms with E-state index in [4.69, 9.17) is 10.8 Å². The van der Waals surface area contributed by atoms with E-state index in [1.807, 2.05) is 0 Å². The molecule has 0 aliphatic carbocycles.